The van der Waals surface area contributed by atoms with Crippen molar-refractivity contribution >= 4 is 28.5 Å². The summed E-state index contributed by atoms with van der Waals surface area (Å²) >= 11 is 1.57. The number of anilines is 1. The molecule has 21 heavy (non-hydrogen) atoms. The number of fused-ring (bicyclic) bond motifs is 1. The van der Waals surface area contributed by atoms with Crippen molar-refractivity contribution in [3.05, 3.63) is 30.3 Å². The van der Waals surface area contributed by atoms with Crippen LogP contribution in [0.2, 0.25) is 0 Å². The van der Waals surface area contributed by atoms with Crippen LogP contribution in [0.5, 0.6) is 0 Å². The summed E-state index contributed by atoms with van der Waals surface area (Å²) in [5.74, 6) is 1.06. The number of hydrogen-bond acceptors (Lipinski definition) is 6. The van der Waals surface area contributed by atoms with Gasteiger partial charge in [0.15, 0.2) is 0 Å². The third kappa shape index (κ3) is 2.85. The van der Waals surface area contributed by atoms with E-state index in [-0.39, 0.29) is 12.7 Å². The summed E-state index contributed by atoms with van der Waals surface area (Å²) in [6.07, 6.45) is -1.22. The van der Waals surface area contributed by atoms with Gasteiger partial charge in [0.1, 0.15) is 17.5 Å². The predicted octanol–water partition coefficient (Wildman–Crippen LogP) is 1.42. The van der Waals surface area contributed by atoms with Crippen LogP contribution in [0.4, 0.5) is 5.82 Å². The van der Waals surface area contributed by atoms with E-state index in [1.54, 1.807) is 24.8 Å². The monoisotopic (exact) mass is 306 g/mol. The highest BCUT2D eigenvalue weighted by Crippen LogP contribution is 2.31. The van der Waals surface area contributed by atoms with Crippen LogP contribution in [0.1, 0.15) is 6.92 Å². The predicted molar refractivity (Wildman–Crippen MR) is 83.3 cm³/mol. The van der Waals surface area contributed by atoms with Crippen molar-refractivity contribution in [2.45, 2.75) is 29.6 Å². The summed E-state index contributed by atoms with van der Waals surface area (Å²) in [4.78, 5) is 5.33. The Balaban J connectivity index is 1.74. The SMILES string of the molecule is CC1(O)C(O)COC1CSc1ccc2ccc(N)nc2c1. The number of aromatic nitrogens is 1. The van der Waals surface area contributed by atoms with Gasteiger partial charge >= 0.3 is 0 Å². The van der Waals surface area contributed by atoms with E-state index in [4.69, 9.17) is 10.5 Å². The van der Waals surface area contributed by atoms with Crippen LogP contribution >= 0.6 is 11.8 Å². The van der Waals surface area contributed by atoms with Crippen LogP contribution in [0.3, 0.4) is 0 Å². The molecular weight excluding hydrogens is 288 g/mol. The highest BCUT2D eigenvalue weighted by molar-refractivity contribution is 7.99. The normalized spacial score (nSPS) is 29.1. The van der Waals surface area contributed by atoms with Gasteiger partial charge in [0.05, 0.1) is 18.2 Å². The molecule has 1 aliphatic rings. The van der Waals surface area contributed by atoms with Crippen LogP contribution in [0.15, 0.2) is 35.2 Å². The van der Waals surface area contributed by atoms with Gasteiger partial charge in [0, 0.05) is 16.0 Å². The molecule has 0 aliphatic carbocycles. The number of thioether (sulfide) groups is 1. The first-order valence-electron chi connectivity index (χ1n) is 6.78. The highest BCUT2D eigenvalue weighted by Gasteiger charge is 2.45. The lowest BCUT2D eigenvalue weighted by Gasteiger charge is -2.26. The molecule has 1 saturated heterocycles. The van der Waals surface area contributed by atoms with Crippen molar-refractivity contribution in [2.24, 2.45) is 0 Å². The van der Waals surface area contributed by atoms with Gasteiger partial charge in [-0.05, 0) is 31.2 Å². The lowest BCUT2D eigenvalue weighted by molar-refractivity contribution is -0.0549. The summed E-state index contributed by atoms with van der Waals surface area (Å²) in [5, 5.41) is 20.9. The van der Waals surface area contributed by atoms with E-state index in [1.807, 2.05) is 24.3 Å². The summed E-state index contributed by atoms with van der Waals surface area (Å²) in [6, 6.07) is 9.68. The first-order chi connectivity index (χ1) is 9.96. The molecule has 1 aliphatic heterocycles. The first-order valence-corrected chi connectivity index (χ1v) is 7.76. The molecule has 2 aromatic rings. The Morgan fingerprint density at radius 1 is 1.43 bits per heavy atom. The Morgan fingerprint density at radius 2 is 2.19 bits per heavy atom. The average molecular weight is 306 g/mol. The topological polar surface area (TPSA) is 88.6 Å². The number of ether oxygens (including phenoxy) is 1. The molecule has 0 amide bonds. The second-order valence-corrected chi connectivity index (χ2v) is 6.56. The van der Waals surface area contributed by atoms with Gasteiger partial charge in [0.2, 0.25) is 0 Å². The maximum Gasteiger partial charge on any atom is 0.124 e. The van der Waals surface area contributed by atoms with Crippen LogP contribution in [0, 0.1) is 0 Å². The third-order valence-electron chi connectivity index (χ3n) is 3.87. The minimum atomic E-state index is -1.20. The van der Waals surface area contributed by atoms with E-state index in [9.17, 15) is 10.2 Å². The zero-order valence-corrected chi connectivity index (χ0v) is 12.5. The number of nitrogen functional groups attached to an aromatic ring is 1. The number of hydrogen-bond donors (Lipinski definition) is 3. The van der Waals surface area contributed by atoms with Crippen molar-refractivity contribution in [2.75, 3.05) is 18.1 Å². The highest BCUT2D eigenvalue weighted by atomic mass is 32.2. The minimum Gasteiger partial charge on any atom is -0.388 e. The van der Waals surface area contributed by atoms with Gasteiger partial charge in [0.25, 0.3) is 0 Å². The van der Waals surface area contributed by atoms with Gasteiger partial charge in [-0.15, -0.1) is 11.8 Å². The molecule has 1 fully saturated rings. The lowest BCUT2D eigenvalue weighted by atomic mass is 9.97. The number of nitrogens with two attached hydrogens (primary N) is 1. The lowest BCUT2D eigenvalue weighted by Crippen LogP contribution is -2.44. The second kappa shape index (κ2) is 5.46. The van der Waals surface area contributed by atoms with E-state index in [1.165, 1.54) is 0 Å². The van der Waals surface area contributed by atoms with E-state index in [0.717, 1.165) is 15.8 Å². The molecule has 4 N–H and O–H groups in total. The fraction of sp³-hybridized carbons (Fsp3) is 0.400. The largest absolute Gasteiger partial charge is 0.388 e. The number of pyridine rings is 1. The molecule has 3 unspecified atom stereocenters. The van der Waals surface area contributed by atoms with Gasteiger partial charge in [-0.1, -0.05) is 6.07 Å². The Hall–Kier alpha value is -1.34. The zero-order valence-electron chi connectivity index (χ0n) is 11.7. The van der Waals surface area contributed by atoms with E-state index < -0.39 is 11.7 Å². The molecule has 0 spiro atoms. The number of rotatable bonds is 3. The number of aliphatic hydroxyl groups excluding tert-OH is 1. The molecule has 2 heterocycles. The van der Waals surface area contributed by atoms with Crippen molar-refractivity contribution in [1.29, 1.82) is 0 Å². The molecule has 3 rings (SSSR count). The standard InChI is InChI=1S/C15H18N2O3S/c1-15(19)12(18)7-20-13(15)8-21-10-4-2-9-3-5-14(16)17-11(9)6-10/h2-6,12-13,18-19H,7-8H2,1H3,(H2,16,17). The molecule has 1 aromatic carbocycles. The number of nitrogens with zero attached hydrogens (tertiary/aromatic N) is 1. The van der Waals surface area contributed by atoms with E-state index >= 15 is 0 Å². The molecule has 1 aromatic heterocycles. The van der Waals surface area contributed by atoms with E-state index in [0.29, 0.717) is 11.6 Å². The van der Waals surface area contributed by atoms with Crippen LogP contribution < -0.4 is 5.73 Å². The Kier molecular flexibility index (Phi) is 3.79. The van der Waals surface area contributed by atoms with Crippen LogP contribution in [-0.2, 0) is 4.74 Å². The van der Waals surface area contributed by atoms with Crippen molar-refractivity contribution < 1.29 is 14.9 Å². The quantitative estimate of drug-likeness (QED) is 0.743. The van der Waals surface area contributed by atoms with Crippen molar-refractivity contribution in [1.82, 2.24) is 4.98 Å². The molecule has 0 bridgehead atoms. The fourth-order valence-electron chi connectivity index (χ4n) is 2.35. The summed E-state index contributed by atoms with van der Waals surface area (Å²) < 4.78 is 5.45. The van der Waals surface area contributed by atoms with Crippen LogP contribution in [-0.4, -0.2) is 45.4 Å². The Morgan fingerprint density at radius 3 is 2.90 bits per heavy atom. The van der Waals surface area contributed by atoms with Crippen molar-refractivity contribution in [3.63, 3.8) is 0 Å². The molecular formula is C15H18N2O3S. The maximum atomic E-state index is 10.2. The van der Waals surface area contributed by atoms with Gasteiger partial charge in [-0.2, -0.15) is 0 Å². The summed E-state index contributed by atoms with van der Waals surface area (Å²) in [7, 11) is 0. The van der Waals surface area contributed by atoms with Crippen LogP contribution in [0.25, 0.3) is 10.9 Å². The van der Waals surface area contributed by atoms with E-state index in [2.05, 4.69) is 4.98 Å². The average Bonchev–Trinajstić information content (AvgIpc) is 2.70. The number of aliphatic hydroxyl groups is 2. The minimum absolute atomic E-state index is 0.175. The summed E-state index contributed by atoms with van der Waals surface area (Å²) in [5.41, 5.74) is 5.34. The number of benzene rings is 1. The maximum absolute atomic E-state index is 10.2. The third-order valence-corrected chi connectivity index (χ3v) is 4.92. The second-order valence-electron chi connectivity index (χ2n) is 5.47. The molecule has 3 atom stereocenters. The smallest absolute Gasteiger partial charge is 0.124 e. The molecule has 0 radical (unpaired) electrons. The zero-order chi connectivity index (χ0) is 15.0. The fourth-order valence-corrected chi connectivity index (χ4v) is 3.49. The molecule has 5 nitrogen and oxygen atoms in total. The molecule has 0 saturated carbocycles. The molecule has 6 heteroatoms. The molecule has 112 valence electrons. The van der Waals surface area contributed by atoms with Gasteiger partial charge in [-0.3, -0.25) is 0 Å². The Labute approximate surface area is 127 Å². The van der Waals surface area contributed by atoms with Gasteiger partial charge in [-0.25, -0.2) is 4.98 Å². The summed E-state index contributed by atoms with van der Waals surface area (Å²) in [6.45, 7) is 1.78. The van der Waals surface area contributed by atoms with Crippen molar-refractivity contribution in [3.8, 4) is 0 Å². The first kappa shape index (κ1) is 14.6. The van der Waals surface area contributed by atoms with Gasteiger partial charge < -0.3 is 20.7 Å². The Bertz CT molecular complexity index is 662.